The van der Waals surface area contributed by atoms with Crippen LogP contribution < -0.4 is 4.90 Å². The molecule has 8 heteroatoms. The quantitative estimate of drug-likeness (QED) is 0.868. The highest BCUT2D eigenvalue weighted by molar-refractivity contribution is 5.59. The second-order valence-corrected chi connectivity index (χ2v) is 5.57. The minimum absolute atomic E-state index is 0.152. The van der Waals surface area contributed by atoms with Crippen molar-refractivity contribution in [1.29, 1.82) is 0 Å². The average Bonchev–Trinajstić information content (AvgIpc) is 3.03. The normalized spacial score (nSPS) is 15.9. The van der Waals surface area contributed by atoms with Crippen LogP contribution in [0.15, 0.2) is 18.5 Å². The molecule has 3 rings (SSSR count). The molecule has 0 atom stereocenters. The van der Waals surface area contributed by atoms with Crippen LogP contribution in [0.4, 0.5) is 19.1 Å². The van der Waals surface area contributed by atoms with Crippen LogP contribution in [0.5, 0.6) is 0 Å². The van der Waals surface area contributed by atoms with E-state index in [1.54, 1.807) is 10.9 Å². The molecule has 0 N–H and O–H groups in total. The van der Waals surface area contributed by atoms with E-state index in [4.69, 9.17) is 0 Å². The SMILES string of the molecule is CCn1cc(-c2cc(C(F)(F)F)nc(N3CCCCC3)n2)cn1. The van der Waals surface area contributed by atoms with Crippen molar-refractivity contribution in [2.75, 3.05) is 18.0 Å². The third kappa shape index (κ3) is 3.46. The molecule has 0 amide bonds. The molecule has 0 radical (unpaired) electrons. The molecule has 3 heterocycles. The highest BCUT2D eigenvalue weighted by atomic mass is 19.4. The zero-order valence-electron chi connectivity index (χ0n) is 12.8. The maximum absolute atomic E-state index is 13.2. The summed E-state index contributed by atoms with van der Waals surface area (Å²) >= 11 is 0. The van der Waals surface area contributed by atoms with Crippen LogP contribution in [-0.4, -0.2) is 32.8 Å². The molecular weight excluding hydrogens is 307 g/mol. The van der Waals surface area contributed by atoms with Gasteiger partial charge in [0.15, 0.2) is 5.69 Å². The highest BCUT2D eigenvalue weighted by Gasteiger charge is 2.34. The van der Waals surface area contributed by atoms with E-state index in [1.165, 1.54) is 6.20 Å². The number of hydrogen-bond donors (Lipinski definition) is 0. The summed E-state index contributed by atoms with van der Waals surface area (Å²) in [4.78, 5) is 9.92. The molecule has 1 aliphatic heterocycles. The second kappa shape index (κ2) is 6.17. The number of aromatic nitrogens is 4. The van der Waals surface area contributed by atoms with E-state index >= 15 is 0 Å². The van der Waals surface area contributed by atoms with Gasteiger partial charge in [0.25, 0.3) is 0 Å². The average molecular weight is 325 g/mol. The topological polar surface area (TPSA) is 46.8 Å². The lowest BCUT2D eigenvalue weighted by atomic mass is 10.1. The van der Waals surface area contributed by atoms with Crippen LogP contribution in [0.1, 0.15) is 31.9 Å². The molecular formula is C15H18F3N5. The zero-order chi connectivity index (χ0) is 16.4. The highest BCUT2D eigenvalue weighted by Crippen LogP contribution is 2.32. The summed E-state index contributed by atoms with van der Waals surface area (Å²) in [7, 11) is 0. The summed E-state index contributed by atoms with van der Waals surface area (Å²) in [5.41, 5.74) is -0.0853. The molecule has 5 nitrogen and oxygen atoms in total. The molecule has 1 aliphatic rings. The van der Waals surface area contributed by atoms with Gasteiger partial charge in [0.05, 0.1) is 11.9 Å². The molecule has 1 fully saturated rings. The fourth-order valence-electron chi connectivity index (χ4n) is 2.63. The van der Waals surface area contributed by atoms with Crippen molar-refractivity contribution in [3.05, 3.63) is 24.2 Å². The molecule has 0 bridgehead atoms. The van der Waals surface area contributed by atoms with Gasteiger partial charge in [-0.2, -0.15) is 18.3 Å². The van der Waals surface area contributed by atoms with Gasteiger partial charge in [0, 0.05) is 31.4 Å². The van der Waals surface area contributed by atoms with Crippen molar-refractivity contribution >= 4 is 5.95 Å². The maximum atomic E-state index is 13.2. The second-order valence-electron chi connectivity index (χ2n) is 5.57. The van der Waals surface area contributed by atoms with E-state index < -0.39 is 11.9 Å². The van der Waals surface area contributed by atoms with Crippen molar-refractivity contribution in [2.24, 2.45) is 0 Å². The van der Waals surface area contributed by atoms with Crippen LogP contribution in [0.3, 0.4) is 0 Å². The number of aryl methyl sites for hydroxylation is 1. The first kappa shape index (κ1) is 15.8. The molecule has 0 unspecified atom stereocenters. The van der Waals surface area contributed by atoms with Gasteiger partial charge in [-0.25, -0.2) is 9.97 Å². The maximum Gasteiger partial charge on any atom is 0.433 e. The van der Waals surface area contributed by atoms with Crippen molar-refractivity contribution < 1.29 is 13.2 Å². The third-order valence-electron chi connectivity index (χ3n) is 3.90. The van der Waals surface area contributed by atoms with Gasteiger partial charge < -0.3 is 4.90 Å². The first-order valence-corrected chi connectivity index (χ1v) is 7.71. The van der Waals surface area contributed by atoms with Gasteiger partial charge in [0.1, 0.15) is 0 Å². The molecule has 1 saturated heterocycles. The van der Waals surface area contributed by atoms with E-state index in [-0.39, 0.29) is 11.6 Å². The summed E-state index contributed by atoms with van der Waals surface area (Å²) in [6, 6.07) is 0.991. The number of nitrogens with zero attached hydrogens (tertiary/aromatic N) is 5. The minimum Gasteiger partial charge on any atom is -0.341 e. The third-order valence-corrected chi connectivity index (χ3v) is 3.90. The monoisotopic (exact) mass is 325 g/mol. The Morgan fingerprint density at radius 3 is 2.48 bits per heavy atom. The van der Waals surface area contributed by atoms with Crippen molar-refractivity contribution in [3.63, 3.8) is 0 Å². The van der Waals surface area contributed by atoms with Gasteiger partial charge in [-0.15, -0.1) is 0 Å². The van der Waals surface area contributed by atoms with Crippen LogP contribution in [-0.2, 0) is 12.7 Å². The van der Waals surface area contributed by atoms with Crippen LogP contribution in [0.2, 0.25) is 0 Å². The summed E-state index contributed by atoms with van der Waals surface area (Å²) in [6.45, 7) is 3.94. The van der Waals surface area contributed by atoms with Crippen molar-refractivity contribution in [3.8, 4) is 11.3 Å². The summed E-state index contributed by atoms with van der Waals surface area (Å²) in [6.07, 6.45) is 1.72. The van der Waals surface area contributed by atoms with Crippen LogP contribution >= 0.6 is 0 Å². The van der Waals surface area contributed by atoms with E-state index in [1.807, 2.05) is 11.8 Å². The van der Waals surface area contributed by atoms with E-state index in [2.05, 4.69) is 15.1 Å². The summed E-state index contributed by atoms with van der Waals surface area (Å²) in [5.74, 6) is 0.152. The van der Waals surface area contributed by atoms with Gasteiger partial charge in [-0.3, -0.25) is 4.68 Å². The molecule has 0 aliphatic carbocycles. The molecule has 2 aromatic heterocycles. The summed E-state index contributed by atoms with van der Waals surface area (Å²) < 4.78 is 41.2. The van der Waals surface area contributed by atoms with Gasteiger partial charge in [0.2, 0.25) is 5.95 Å². The molecule has 0 saturated carbocycles. The smallest absolute Gasteiger partial charge is 0.341 e. The Balaban J connectivity index is 2.03. The predicted molar refractivity (Wildman–Crippen MR) is 80.0 cm³/mol. The van der Waals surface area contributed by atoms with E-state index in [0.29, 0.717) is 25.2 Å². The Kier molecular flexibility index (Phi) is 4.23. The standard InChI is InChI=1S/C15H18F3N5/c1-2-23-10-11(9-19-23)12-8-13(15(16,17)18)21-14(20-12)22-6-4-3-5-7-22/h8-10H,2-7H2,1H3. The lowest BCUT2D eigenvalue weighted by Crippen LogP contribution is -2.31. The number of anilines is 1. The largest absolute Gasteiger partial charge is 0.433 e. The Bertz CT molecular complexity index is 674. The molecule has 2 aromatic rings. The van der Waals surface area contributed by atoms with Crippen molar-refractivity contribution in [1.82, 2.24) is 19.7 Å². The fourth-order valence-corrected chi connectivity index (χ4v) is 2.63. The molecule has 0 spiro atoms. The molecule has 124 valence electrons. The zero-order valence-corrected chi connectivity index (χ0v) is 12.8. The lowest BCUT2D eigenvalue weighted by Gasteiger charge is -2.27. The predicted octanol–water partition coefficient (Wildman–Crippen LogP) is 3.37. The summed E-state index contributed by atoms with van der Waals surface area (Å²) in [5, 5.41) is 4.11. The minimum atomic E-state index is -4.50. The Morgan fingerprint density at radius 2 is 1.87 bits per heavy atom. The molecule has 0 aromatic carbocycles. The lowest BCUT2D eigenvalue weighted by molar-refractivity contribution is -0.141. The van der Waals surface area contributed by atoms with Crippen molar-refractivity contribution in [2.45, 2.75) is 38.9 Å². The van der Waals surface area contributed by atoms with E-state index in [0.717, 1.165) is 25.3 Å². The van der Waals surface area contributed by atoms with Gasteiger partial charge in [-0.05, 0) is 32.3 Å². The fraction of sp³-hybridized carbons (Fsp3) is 0.533. The number of piperidine rings is 1. The first-order valence-electron chi connectivity index (χ1n) is 7.71. The Morgan fingerprint density at radius 1 is 1.13 bits per heavy atom. The van der Waals surface area contributed by atoms with E-state index in [9.17, 15) is 13.2 Å². The first-order chi connectivity index (χ1) is 11.0. The number of hydrogen-bond acceptors (Lipinski definition) is 4. The molecule has 23 heavy (non-hydrogen) atoms. The number of halogens is 3. The van der Waals surface area contributed by atoms with Crippen LogP contribution in [0.25, 0.3) is 11.3 Å². The Hall–Kier alpha value is -2.12. The number of rotatable bonds is 3. The Labute approximate surface area is 132 Å². The van der Waals surface area contributed by atoms with Crippen LogP contribution in [0, 0.1) is 0 Å². The van der Waals surface area contributed by atoms with Gasteiger partial charge >= 0.3 is 6.18 Å². The van der Waals surface area contributed by atoms with Gasteiger partial charge in [-0.1, -0.05) is 0 Å². The number of alkyl halides is 3.